The van der Waals surface area contributed by atoms with E-state index in [0.29, 0.717) is 25.6 Å². The molecule has 6 heteroatoms. The molecule has 1 atom stereocenters. The molecule has 21 heavy (non-hydrogen) atoms. The fourth-order valence-corrected chi connectivity index (χ4v) is 3.15. The molecule has 1 fully saturated rings. The lowest BCUT2D eigenvalue weighted by atomic mass is 10.1. The fourth-order valence-electron chi connectivity index (χ4n) is 2.45. The molecular formula is C15H27NO4S. The Bertz CT molecular complexity index is 332. The molecule has 1 amide bonds. The molecule has 0 aromatic carbocycles. The van der Waals surface area contributed by atoms with Crippen molar-refractivity contribution in [2.75, 3.05) is 32.1 Å². The van der Waals surface area contributed by atoms with Gasteiger partial charge in [-0.2, -0.15) is 0 Å². The van der Waals surface area contributed by atoms with Crippen molar-refractivity contribution in [1.29, 1.82) is 0 Å². The quantitative estimate of drug-likeness (QED) is 0.579. The van der Waals surface area contributed by atoms with Crippen molar-refractivity contribution in [3.8, 4) is 0 Å². The van der Waals surface area contributed by atoms with Gasteiger partial charge in [-0.15, -0.1) is 0 Å². The molecule has 1 rings (SSSR count). The minimum Gasteiger partial charge on any atom is -0.353 e. The van der Waals surface area contributed by atoms with Gasteiger partial charge in [-0.3, -0.25) is 9.59 Å². The van der Waals surface area contributed by atoms with E-state index >= 15 is 0 Å². The summed E-state index contributed by atoms with van der Waals surface area (Å²) < 4.78 is 11.0. The van der Waals surface area contributed by atoms with Crippen molar-refractivity contribution in [3.63, 3.8) is 0 Å². The molecule has 1 aliphatic heterocycles. The summed E-state index contributed by atoms with van der Waals surface area (Å²) in [4.78, 5) is 24.8. The average Bonchev–Trinajstić information content (AvgIpc) is 2.78. The Labute approximate surface area is 131 Å². The highest BCUT2D eigenvalue weighted by atomic mass is 32.2. The summed E-state index contributed by atoms with van der Waals surface area (Å²) in [5.41, 5.74) is 0. The van der Waals surface area contributed by atoms with Gasteiger partial charge < -0.3 is 14.4 Å². The molecule has 0 bridgehead atoms. The molecule has 0 saturated carbocycles. The van der Waals surface area contributed by atoms with Crippen molar-refractivity contribution in [3.05, 3.63) is 0 Å². The minimum atomic E-state index is -0.165. The molecule has 0 spiro atoms. The number of likely N-dealkylation sites (tertiary alicyclic amines) is 1. The van der Waals surface area contributed by atoms with Crippen LogP contribution < -0.4 is 0 Å². The van der Waals surface area contributed by atoms with Crippen LogP contribution in [-0.4, -0.2) is 54.3 Å². The van der Waals surface area contributed by atoms with Gasteiger partial charge in [0.05, 0.1) is 0 Å². The number of rotatable bonds is 10. The molecule has 0 radical (unpaired) electrons. The number of carbonyl (C=O) groups is 2. The smallest absolute Gasteiger partial charge is 0.222 e. The van der Waals surface area contributed by atoms with Crippen LogP contribution in [0.25, 0.3) is 0 Å². The molecule has 122 valence electrons. The summed E-state index contributed by atoms with van der Waals surface area (Å²) in [5, 5.41) is 0.122. The summed E-state index contributed by atoms with van der Waals surface area (Å²) >= 11 is 1.32. The zero-order chi connectivity index (χ0) is 15.7. The van der Waals surface area contributed by atoms with E-state index < -0.39 is 0 Å². The predicted octanol–water partition coefficient (Wildman–Crippen LogP) is 2.29. The van der Waals surface area contributed by atoms with Gasteiger partial charge >= 0.3 is 0 Å². The van der Waals surface area contributed by atoms with Crippen molar-refractivity contribution in [1.82, 2.24) is 4.90 Å². The highest BCUT2D eigenvalue weighted by molar-refractivity contribution is 8.13. The monoisotopic (exact) mass is 317 g/mol. The van der Waals surface area contributed by atoms with Crippen LogP contribution in [0.15, 0.2) is 0 Å². The summed E-state index contributed by atoms with van der Waals surface area (Å²) in [6.45, 7) is 8.26. The average molecular weight is 317 g/mol. The zero-order valence-corrected chi connectivity index (χ0v) is 14.1. The zero-order valence-electron chi connectivity index (χ0n) is 13.3. The largest absolute Gasteiger partial charge is 0.353 e. The maximum Gasteiger partial charge on any atom is 0.222 e. The highest BCUT2D eigenvalue weighted by Crippen LogP contribution is 2.22. The second-order valence-corrected chi connectivity index (χ2v) is 6.39. The molecule has 0 aromatic rings. The predicted molar refractivity (Wildman–Crippen MR) is 84.1 cm³/mol. The number of hydrogen-bond donors (Lipinski definition) is 0. The van der Waals surface area contributed by atoms with Gasteiger partial charge in [0.15, 0.2) is 11.4 Å². The molecule has 0 aliphatic carbocycles. The van der Waals surface area contributed by atoms with Gasteiger partial charge in [0.25, 0.3) is 0 Å². The molecule has 1 heterocycles. The first-order chi connectivity index (χ1) is 10.1. The molecule has 0 aromatic heterocycles. The highest BCUT2D eigenvalue weighted by Gasteiger charge is 2.29. The molecule has 1 aliphatic rings. The van der Waals surface area contributed by atoms with Gasteiger partial charge in [-0.25, -0.2) is 0 Å². The lowest BCUT2D eigenvalue weighted by Gasteiger charge is -2.20. The summed E-state index contributed by atoms with van der Waals surface area (Å²) in [6, 6.07) is 0. The third kappa shape index (κ3) is 7.29. The van der Waals surface area contributed by atoms with Crippen LogP contribution in [-0.2, 0) is 19.1 Å². The first-order valence-electron chi connectivity index (χ1n) is 7.71. The van der Waals surface area contributed by atoms with Gasteiger partial charge in [-0.1, -0.05) is 11.8 Å². The maximum absolute atomic E-state index is 11.9. The summed E-state index contributed by atoms with van der Waals surface area (Å²) in [5.74, 6) is 1.26. The number of carbonyl (C=O) groups excluding carboxylic acids is 2. The minimum absolute atomic E-state index is 0.122. The van der Waals surface area contributed by atoms with Crippen molar-refractivity contribution in [2.24, 2.45) is 5.92 Å². The van der Waals surface area contributed by atoms with Crippen LogP contribution >= 0.6 is 11.8 Å². The Hall–Kier alpha value is -0.590. The SMILES string of the molecule is CCOC(CCCN1CC(CSC(C)=O)CC1=O)OCC. The Morgan fingerprint density at radius 1 is 1.38 bits per heavy atom. The van der Waals surface area contributed by atoms with Crippen LogP contribution in [0.3, 0.4) is 0 Å². The Kier molecular flexibility index (Phi) is 8.96. The number of thioether (sulfide) groups is 1. The summed E-state index contributed by atoms with van der Waals surface area (Å²) in [6.07, 6.45) is 2.09. The molecule has 5 nitrogen and oxygen atoms in total. The number of ether oxygens (including phenoxy) is 2. The van der Waals surface area contributed by atoms with Crippen molar-refractivity contribution in [2.45, 2.75) is 46.3 Å². The third-order valence-electron chi connectivity index (χ3n) is 3.39. The van der Waals surface area contributed by atoms with Crippen molar-refractivity contribution < 1.29 is 19.1 Å². The Morgan fingerprint density at radius 2 is 2.05 bits per heavy atom. The third-order valence-corrected chi connectivity index (χ3v) is 4.43. The molecule has 1 saturated heterocycles. The van der Waals surface area contributed by atoms with Crippen LogP contribution in [0.5, 0.6) is 0 Å². The van der Waals surface area contributed by atoms with E-state index in [1.807, 2.05) is 18.7 Å². The number of hydrogen-bond acceptors (Lipinski definition) is 5. The molecule has 0 N–H and O–H groups in total. The van der Waals surface area contributed by atoms with Crippen LogP contribution in [0, 0.1) is 5.92 Å². The van der Waals surface area contributed by atoms with E-state index in [1.165, 1.54) is 11.8 Å². The van der Waals surface area contributed by atoms with Gasteiger partial charge in [0.1, 0.15) is 0 Å². The lowest BCUT2D eigenvalue weighted by molar-refractivity contribution is -0.141. The second kappa shape index (κ2) is 10.2. The maximum atomic E-state index is 11.9. The second-order valence-electron chi connectivity index (χ2n) is 5.19. The van der Waals surface area contributed by atoms with Gasteiger partial charge in [0, 0.05) is 51.8 Å². The summed E-state index contributed by atoms with van der Waals surface area (Å²) in [7, 11) is 0. The normalized spacial score (nSPS) is 18.8. The van der Waals surface area contributed by atoms with E-state index in [0.717, 1.165) is 31.7 Å². The fraction of sp³-hybridized carbons (Fsp3) is 0.867. The standard InChI is InChI=1S/C15H27NO4S/c1-4-19-15(20-5-2)7-6-8-16-10-13(9-14(16)18)11-21-12(3)17/h13,15H,4-11H2,1-3H3. The van der Waals surface area contributed by atoms with Crippen LogP contribution in [0.2, 0.25) is 0 Å². The van der Waals surface area contributed by atoms with E-state index in [4.69, 9.17) is 9.47 Å². The number of amides is 1. The van der Waals surface area contributed by atoms with E-state index in [-0.39, 0.29) is 17.3 Å². The Balaban J connectivity index is 2.25. The molecule has 1 unspecified atom stereocenters. The molecular weight excluding hydrogens is 290 g/mol. The van der Waals surface area contributed by atoms with Gasteiger partial charge in [-0.05, 0) is 26.2 Å². The van der Waals surface area contributed by atoms with E-state index in [9.17, 15) is 9.59 Å². The first-order valence-corrected chi connectivity index (χ1v) is 8.69. The topological polar surface area (TPSA) is 55.8 Å². The van der Waals surface area contributed by atoms with E-state index in [2.05, 4.69) is 0 Å². The van der Waals surface area contributed by atoms with Crippen molar-refractivity contribution >= 4 is 22.8 Å². The lowest BCUT2D eigenvalue weighted by Crippen LogP contribution is -2.28. The Morgan fingerprint density at radius 3 is 2.62 bits per heavy atom. The first kappa shape index (κ1) is 18.5. The number of nitrogens with zero attached hydrogens (tertiary/aromatic N) is 1. The van der Waals surface area contributed by atoms with Crippen LogP contribution in [0.1, 0.15) is 40.0 Å². The van der Waals surface area contributed by atoms with Crippen LogP contribution in [0.4, 0.5) is 0 Å². The van der Waals surface area contributed by atoms with E-state index in [1.54, 1.807) is 6.92 Å². The van der Waals surface area contributed by atoms with Gasteiger partial charge in [0.2, 0.25) is 5.91 Å².